The van der Waals surface area contributed by atoms with Gasteiger partial charge in [-0.15, -0.1) is 0 Å². The molecule has 0 rings (SSSR count). The molecular formula is C11H17N3O3Si. The average molecular weight is 267 g/mol. The molecule has 0 aromatic rings. The van der Waals surface area contributed by atoms with Gasteiger partial charge in [-0.3, -0.25) is 0 Å². The molecule has 6 nitrogen and oxygen atoms in total. The molecule has 0 aromatic heterocycles. The molecule has 0 radical (unpaired) electrons. The van der Waals surface area contributed by atoms with Crippen LogP contribution in [0.2, 0.25) is 5.54 Å². The first kappa shape index (κ1) is 16.4. The van der Waals surface area contributed by atoms with Crippen molar-refractivity contribution >= 4 is 26.8 Å². The fraction of sp³-hybridized carbons (Fsp3) is 0.727. The van der Waals surface area contributed by atoms with E-state index in [0.29, 0.717) is 6.42 Å². The summed E-state index contributed by atoms with van der Waals surface area (Å²) in [5, 5.41) is 0. The lowest BCUT2D eigenvalue weighted by Gasteiger charge is -2.22. The first-order valence-corrected chi connectivity index (χ1v) is 7.89. The number of hydrogen-bond acceptors (Lipinski definition) is 6. The largest absolute Gasteiger partial charge is 0.470 e. The van der Waals surface area contributed by atoms with Gasteiger partial charge in [0.25, 0.3) is 0 Å². The topological polar surface area (TPSA) is 88.3 Å². The standard InChI is InChI=1S/C11H17N3O3Si/c1-3-5-6-7-11(4-2)18(12-8-15,13-9-16)14-10-17/h11H,3-7H2,1-2H3. The summed E-state index contributed by atoms with van der Waals surface area (Å²) >= 11 is 0. The zero-order chi connectivity index (χ0) is 13.9. The minimum Gasteiger partial charge on any atom is -0.212 e. The zero-order valence-corrected chi connectivity index (χ0v) is 11.7. The van der Waals surface area contributed by atoms with Crippen LogP contribution in [0.25, 0.3) is 0 Å². The molecule has 0 spiro atoms. The highest BCUT2D eigenvalue weighted by atomic mass is 28.4. The van der Waals surface area contributed by atoms with E-state index in [1.165, 1.54) is 18.2 Å². The Labute approximate surface area is 107 Å². The van der Waals surface area contributed by atoms with Crippen molar-refractivity contribution in [3.63, 3.8) is 0 Å². The molecule has 1 atom stereocenters. The summed E-state index contributed by atoms with van der Waals surface area (Å²) in [5.41, 5.74) is -0.173. The third-order valence-corrected chi connectivity index (χ3v) is 5.88. The van der Waals surface area contributed by atoms with Crippen LogP contribution < -0.4 is 0 Å². The molecule has 0 aliphatic heterocycles. The van der Waals surface area contributed by atoms with E-state index in [4.69, 9.17) is 0 Å². The summed E-state index contributed by atoms with van der Waals surface area (Å²) in [4.78, 5) is 31.5. The Kier molecular flexibility index (Phi) is 8.54. The van der Waals surface area contributed by atoms with Gasteiger partial charge in [0, 0.05) is 5.54 Å². The van der Waals surface area contributed by atoms with E-state index < -0.39 is 8.56 Å². The molecule has 98 valence electrons. The fourth-order valence-electron chi connectivity index (χ4n) is 1.86. The fourth-order valence-corrected chi connectivity index (χ4v) is 4.10. The van der Waals surface area contributed by atoms with Gasteiger partial charge >= 0.3 is 8.56 Å². The SMILES string of the molecule is CCCCCC(CC)[Si](N=C=O)(N=C=O)N=C=O. The molecule has 0 heterocycles. The van der Waals surface area contributed by atoms with E-state index >= 15 is 0 Å². The molecule has 0 N–H and O–H groups in total. The molecule has 0 saturated carbocycles. The maximum atomic E-state index is 10.5. The molecule has 7 heteroatoms. The Balaban J connectivity index is 5.27. The highest BCUT2D eigenvalue weighted by Gasteiger charge is 2.44. The Hall–Kier alpha value is -1.64. The van der Waals surface area contributed by atoms with Gasteiger partial charge < -0.3 is 0 Å². The number of unbranched alkanes of at least 4 members (excludes halogenated alkanes) is 2. The minimum atomic E-state index is -3.37. The lowest BCUT2D eigenvalue weighted by molar-refractivity contribution is 0.560. The van der Waals surface area contributed by atoms with Crippen molar-refractivity contribution in [2.24, 2.45) is 14.0 Å². The molecular weight excluding hydrogens is 250 g/mol. The van der Waals surface area contributed by atoms with Crippen molar-refractivity contribution in [3.8, 4) is 0 Å². The van der Waals surface area contributed by atoms with Crippen LogP contribution in [-0.2, 0) is 14.4 Å². The highest BCUT2D eigenvalue weighted by Crippen LogP contribution is 2.33. The predicted octanol–water partition coefficient (Wildman–Crippen LogP) is 2.29. The normalized spacial score (nSPS) is 14.3. The Morgan fingerprint density at radius 2 is 1.44 bits per heavy atom. The monoisotopic (exact) mass is 267 g/mol. The molecule has 0 aliphatic carbocycles. The zero-order valence-electron chi connectivity index (χ0n) is 10.7. The number of rotatable bonds is 9. The van der Waals surface area contributed by atoms with Crippen LogP contribution in [0.1, 0.15) is 46.0 Å². The Bertz CT molecular complexity index is 349. The lowest BCUT2D eigenvalue weighted by atomic mass is 10.1. The van der Waals surface area contributed by atoms with Gasteiger partial charge in [0.2, 0.25) is 18.2 Å². The van der Waals surface area contributed by atoms with Gasteiger partial charge in [0.15, 0.2) is 0 Å². The Morgan fingerprint density at radius 3 is 1.78 bits per heavy atom. The van der Waals surface area contributed by atoms with E-state index in [1.807, 2.05) is 6.92 Å². The van der Waals surface area contributed by atoms with Crippen molar-refractivity contribution in [2.45, 2.75) is 51.5 Å². The molecule has 0 amide bonds. The maximum Gasteiger partial charge on any atom is 0.470 e. The first-order valence-electron chi connectivity index (χ1n) is 5.97. The lowest BCUT2D eigenvalue weighted by Crippen LogP contribution is -2.34. The van der Waals surface area contributed by atoms with Gasteiger partial charge in [-0.2, -0.15) is 14.0 Å². The third-order valence-electron chi connectivity index (χ3n) is 2.83. The molecule has 0 aliphatic rings. The van der Waals surface area contributed by atoms with Crippen LogP contribution in [0.15, 0.2) is 14.0 Å². The number of hydrogen-bond donors (Lipinski definition) is 0. The van der Waals surface area contributed by atoms with Crippen LogP contribution in [0.4, 0.5) is 0 Å². The second-order valence-corrected chi connectivity index (χ2v) is 6.76. The van der Waals surface area contributed by atoms with E-state index in [-0.39, 0.29) is 5.54 Å². The number of carbonyl (C=O) groups excluding carboxylic acids is 3. The molecule has 0 saturated heterocycles. The van der Waals surface area contributed by atoms with Crippen molar-refractivity contribution in [1.29, 1.82) is 0 Å². The molecule has 0 fully saturated rings. The Morgan fingerprint density at radius 1 is 0.944 bits per heavy atom. The maximum absolute atomic E-state index is 10.5. The van der Waals surface area contributed by atoms with E-state index in [0.717, 1.165) is 25.7 Å². The molecule has 18 heavy (non-hydrogen) atoms. The van der Waals surface area contributed by atoms with Gasteiger partial charge in [0.1, 0.15) is 0 Å². The van der Waals surface area contributed by atoms with Crippen molar-refractivity contribution < 1.29 is 14.4 Å². The van der Waals surface area contributed by atoms with E-state index in [9.17, 15) is 14.4 Å². The van der Waals surface area contributed by atoms with Crippen LogP contribution in [-0.4, -0.2) is 26.8 Å². The van der Waals surface area contributed by atoms with Gasteiger partial charge in [0.05, 0.1) is 0 Å². The summed E-state index contributed by atoms with van der Waals surface area (Å²) in [6, 6.07) is 0. The minimum absolute atomic E-state index is 0.173. The first-order chi connectivity index (χ1) is 8.70. The van der Waals surface area contributed by atoms with Gasteiger partial charge in [-0.05, 0) is 6.42 Å². The quantitative estimate of drug-likeness (QED) is 0.278. The highest BCUT2D eigenvalue weighted by molar-refractivity contribution is 6.78. The van der Waals surface area contributed by atoms with Crippen LogP contribution >= 0.6 is 0 Å². The van der Waals surface area contributed by atoms with Crippen LogP contribution in [0.5, 0.6) is 0 Å². The van der Waals surface area contributed by atoms with E-state index in [2.05, 4.69) is 20.9 Å². The predicted molar refractivity (Wildman–Crippen MR) is 68.3 cm³/mol. The molecule has 0 bridgehead atoms. The summed E-state index contributed by atoms with van der Waals surface area (Å²) < 4.78 is 10.7. The third kappa shape index (κ3) is 4.70. The van der Waals surface area contributed by atoms with Crippen LogP contribution in [0, 0.1) is 0 Å². The van der Waals surface area contributed by atoms with Gasteiger partial charge in [-0.1, -0.05) is 39.5 Å². The van der Waals surface area contributed by atoms with Crippen LogP contribution in [0.3, 0.4) is 0 Å². The summed E-state index contributed by atoms with van der Waals surface area (Å²) in [5.74, 6) is 0. The summed E-state index contributed by atoms with van der Waals surface area (Å²) in [7, 11) is -3.37. The second-order valence-electron chi connectivity index (χ2n) is 3.90. The summed E-state index contributed by atoms with van der Waals surface area (Å²) in [6.45, 7) is 3.96. The second kappa shape index (κ2) is 9.39. The van der Waals surface area contributed by atoms with E-state index in [1.54, 1.807) is 0 Å². The van der Waals surface area contributed by atoms with Crippen molar-refractivity contribution in [3.05, 3.63) is 0 Å². The summed E-state index contributed by atoms with van der Waals surface area (Å²) in [6.07, 6.45) is 8.48. The number of isocyanates is 3. The number of nitrogens with zero attached hydrogens (tertiary/aromatic N) is 3. The van der Waals surface area contributed by atoms with Crippen molar-refractivity contribution in [2.75, 3.05) is 0 Å². The van der Waals surface area contributed by atoms with Crippen molar-refractivity contribution in [1.82, 2.24) is 0 Å². The molecule has 0 aromatic carbocycles. The smallest absolute Gasteiger partial charge is 0.212 e. The molecule has 1 unspecified atom stereocenters. The average Bonchev–Trinajstić information content (AvgIpc) is 2.35. The van der Waals surface area contributed by atoms with Gasteiger partial charge in [-0.25, -0.2) is 14.4 Å².